The molecular formula is C35H35NO5. The van der Waals surface area contributed by atoms with Gasteiger partial charge < -0.3 is 24.3 Å². The first-order valence-corrected chi connectivity index (χ1v) is 13.9. The van der Waals surface area contributed by atoms with E-state index < -0.39 is 18.3 Å². The standard InChI is InChI=1S/C35H35NO5/c37-35(36-21-27-13-5-1-6-14-27)31-25-39-32(26-38-22-28-15-7-2-8-16-28)34(41-24-30-19-11-4-12-20-30)33(31)40-23-29-17-9-3-10-18-29/h1-20,25,32-34H,21-24,26H2,(H,36,37)/t32-,33-,34-/m1/s1. The van der Waals surface area contributed by atoms with Crippen LogP contribution in [0, 0.1) is 0 Å². The molecule has 1 N–H and O–H groups in total. The third-order valence-corrected chi connectivity index (χ3v) is 6.85. The van der Waals surface area contributed by atoms with E-state index in [2.05, 4.69) is 5.32 Å². The number of hydrogen-bond acceptors (Lipinski definition) is 5. The van der Waals surface area contributed by atoms with Crippen LogP contribution in [0.4, 0.5) is 0 Å². The Morgan fingerprint density at radius 3 is 1.68 bits per heavy atom. The van der Waals surface area contributed by atoms with Crippen LogP contribution in [0.1, 0.15) is 22.3 Å². The van der Waals surface area contributed by atoms with Crippen LogP contribution in [-0.2, 0) is 50.1 Å². The highest BCUT2D eigenvalue weighted by molar-refractivity contribution is 5.94. The van der Waals surface area contributed by atoms with Crippen molar-refractivity contribution in [3.8, 4) is 0 Å². The van der Waals surface area contributed by atoms with Crippen molar-refractivity contribution in [1.29, 1.82) is 0 Å². The van der Waals surface area contributed by atoms with Crippen LogP contribution < -0.4 is 5.32 Å². The van der Waals surface area contributed by atoms with Gasteiger partial charge in [-0.05, 0) is 22.3 Å². The van der Waals surface area contributed by atoms with Crippen molar-refractivity contribution in [2.45, 2.75) is 44.7 Å². The normalized spacial score (nSPS) is 18.2. The van der Waals surface area contributed by atoms with Gasteiger partial charge in [0.1, 0.15) is 18.3 Å². The molecule has 0 aromatic heterocycles. The summed E-state index contributed by atoms with van der Waals surface area (Å²) in [6, 6.07) is 39.6. The number of hydrogen-bond donors (Lipinski definition) is 1. The predicted octanol–water partition coefficient (Wildman–Crippen LogP) is 5.97. The van der Waals surface area contributed by atoms with Crippen LogP contribution in [0.2, 0.25) is 0 Å². The fourth-order valence-corrected chi connectivity index (χ4v) is 4.65. The van der Waals surface area contributed by atoms with E-state index >= 15 is 0 Å². The van der Waals surface area contributed by atoms with Crippen molar-refractivity contribution in [3.05, 3.63) is 155 Å². The molecule has 4 aromatic carbocycles. The fraction of sp³-hybridized carbons (Fsp3) is 0.229. The lowest BCUT2D eigenvalue weighted by Crippen LogP contribution is -2.50. The number of carbonyl (C=O) groups excluding carboxylic acids is 1. The minimum atomic E-state index is -0.672. The van der Waals surface area contributed by atoms with Crippen molar-refractivity contribution in [1.82, 2.24) is 5.32 Å². The Morgan fingerprint density at radius 2 is 1.12 bits per heavy atom. The number of ether oxygens (including phenoxy) is 4. The van der Waals surface area contributed by atoms with Crippen LogP contribution in [0.3, 0.4) is 0 Å². The van der Waals surface area contributed by atoms with Gasteiger partial charge in [-0.1, -0.05) is 121 Å². The average molecular weight is 550 g/mol. The summed E-state index contributed by atoms with van der Waals surface area (Å²) in [5.74, 6) is -0.260. The summed E-state index contributed by atoms with van der Waals surface area (Å²) in [7, 11) is 0. The Balaban J connectivity index is 1.36. The summed E-state index contributed by atoms with van der Waals surface area (Å²) in [6.45, 7) is 1.76. The first-order valence-electron chi connectivity index (χ1n) is 13.9. The molecule has 4 aromatic rings. The van der Waals surface area contributed by atoms with E-state index in [0.717, 1.165) is 22.3 Å². The molecular weight excluding hydrogens is 514 g/mol. The highest BCUT2D eigenvalue weighted by Gasteiger charge is 2.41. The van der Waals surface area contributed by atoms with Crippen LogP contribution in [0.15, 0.2) is 133 Å². The Kier molecular flexibility index (Phi) is 10.3. The van der Waals surface area contributed by atoms with Crippen molar-refractivity contribution >= 4 is 5.91 Å². The van der Waals surface area contributed by atoms with E-state index in [4.69, 9.17) is 18.9 Å². The second-order valence-corrected chi connectivity index (χ2v) is 9.90. The van der Waals surface area contributed by atoms with Crippen molar-refractivity contribution in [3.63, 3.8) is 0 Å². The zero-order valence-electron chi connectivity index (χ0n) is 22.9. The van der Waals surface area contributed by atoms with E-state index in [9.17, 15) is 4.79 Å². The Morgan fingerprint density at radius 1 is 0.634 bits per heavy atom. The minimum Gasteiger partial charge on any atom is -0.492 e. The summed E-state index contributed by atoms with van der Waals surface area (Å²) in [6.07, 6.45) is -0.227. The summed E-state index contributed by atoms with van der Waals surface area (Å²) < 4.78 is 25.1. The number of rotatable bonds is 13. The van der Waals surface area contributed by atoms with Gasteiger partial charge in [-0.15, -0.1) is 0 Å². The number of nitrogens with one attached hydrogen (secondary N) is 1. The van der Waals surface area contributed by atoms with Crippen LogP contribution in [0.25, 0.3) is 0 Å². The topological polar surface area (TPSA) is 66.0 Å². The molecule has 0 spiro atoms. The van der Waals surface area contributed by atoms with Gasteiger partial charge in [0.15, 0.2) is 0 Å². The molecule has 3 atom stereocenters. The molecule has 41 heavy (non-hydrogen) atoms. The lowest BCUT2D eigenvalue weighted by Gasteiger charge is -2.37. The molecule has 210 valence electrons. The minimum absolute atomic E-state index is 0.260. The molecule has 0 saturated carbocycles. The van der Waals surface area contributed by atoms with Gasteiger partial charge in [-0.2, -0.15) is 0 Å². The van der Waals surface area contributed by atoms with Gasteiger partial charge in [0, 0.05) is 6.54 Å². The summed E-state index contributed by atoms with van der Waals surface area (Å²) in [5.41, 5.74) is 4.47. The monoisotopic (exact) mass is 549 g/mol. The highest BCUT2D eigenvalue weighted by atomic mass is 16.6. The zero-order valence-corrected chi connectivity index (χ0v) is 22.9. The molecule has 5 rings (SSSR count). The maximum atomic E-state index is 13.5. The molecule has 6 heteroatoms. The summed E-state index contributed by atoms with van der Waals surface area (Å²) in [4.78, 5) is 13.5. The van der Waals surface area contributed by atoms with Gasteiger partial charge in [0.05, 0.1) is 38.3 Å². The first kappa shape index (κ1) is 28.3. The lowest BCUT2D eigenvalue weighted by molar-refractivity contribution is -0.156. The molecule has 0 radical (unpaired) electrons. The van der Waals surface area contributed by atoms with Gasteiger partial charge in [0.2, 0.25) is 0 Å². The maximum Gasteiger partial charge on any atom is 0.253 e. The van der Waals surface area contributed by atoms with Gasteiger partial charge in [-0.3, -0.25) is 4.79 Å². The van der Waals surface area contributed by atoms with Crippen molar-refractivity contribution in [2.24, 2.45) is 0 Å². The van der Waals surface area contributed by atoms with E-state index in [1.165, 1.54) is 6.26 Å². The number of carbonyl (C=O) groups is 1. The molecule has 0 fully saturated rings. The molecule has 0 bridgehead atoms. The summed E-state index contributed by atoms with van der Waals surface area (Å²) in [5, 5.41) is 3.02. The Labute approximate surface area is 241 Å². The molecule has 6 nitrogen and oxygen atoms in total. The van der Waals surface area contributed by atoms with Crippen LogP contribution >= 0.6 is 0 Å². The molecule has 0 unspecified atom stereocenters. The SMILES string of the molecule is O=C(NCc1ccccc1)C1=CO[C@H](COCc2ccccc2)[C@@H](OCc2ccccc2)[C@@H]1OCc1ccccc1. The molecule has 1 heterocycles. The van der Waals surface area contributed by atoms with E-state index in [1.54, 1.807) is 0 Å². The second kappa shape index (κ2) is 15.0. The number of benzene rings is 4. The molecule has 1 aliphatic rings. The Bertz CT molecular complexity index is 1360. The molecule has 0 saturated heterocycles. The third kappa shape index (κ3) is 8.38. The quantitative estimate of drug-likeness (QED) is 0.223. The molecule has 0 aliphatic carbocycles. The van der Waals surface area contributed by atoms with Gasteiger partial charge in [-0.25, -0.2) is 0 Å². The summed E-state index contributed by atoms with van der Waals surface area (Å²) >= 11 is 0. The largest absolute Gasteiger partial charge is 0.492 e. The first-order chi connectivity index (χ1) is 20.3. The van der Waals surface area contributed by atoms with Crippen molar-refractivity contribution in [2.75, 3.05) is 6.61 Å². The Hall–Kier alpha value is -4.23. The van der Waals surface area contributed by atoms with Crippen molar-refractivity contribution < 1.29 is 23.7 Å². The van der Waals surface area contributed by atoms with Gasteiger partial charge in [0.25, 0.3) is 5.91 Å². The highest BCUT2D eigenvalue weighted by Crippen LogP contribution is 2.28. The third-order valence-electron chi connectivity index (χ3n) is 6.85. The maximum absolute atomic E-state index is 13.5. The molecule has 1 aliphatic heterocycles. The van der Waals surface area contributed by atoms with E-state index in [0.29, 0.717) is 31.9 Å². The van der Waals surface area contributed by atoms with Crippen LogP contribution in [-0.4, -0.2) is 30.8 Å². The second-order valence-electron chi connectivity index (χ2n) is 9.90. The smallest absolute Gasteiger partial charge is 0.253 e. The predicted molar refractivity (Wildman–Crippen MR) is 157 cm³/mol. The molecule has 1 amide bonds. The average Bonchev–Trinajstić information content (AvgIpc) is 3.04. The lowest BCUT2D eigenvalue weighted by atomic mass is 9.97. The fourth-order valence-electron chi connectivity index (χ4n) is 4.65. The van der Waals surface area contributed by atoms with Crippen LogP contribution in [0.5, 0.6) is 0 Å². The number of amides is 1. The van der Waals surface area contributed by atoms with E-state index in [-0.39, 0.29) is 12.5 Å². The zero-order chi connectivity index (χ0) is 28.1. The van der Waals surface area contributed by atoms with E-state index in [1.807, 2.05) is 121 Å². The van der Waals surface area contributed by atoms with Gasteiger partial charge >= 0.3 is 0 Å².